The smallest absolute Gasteiger partial charge is 0.335 e. The zero-order valence-corrected chi connectivity index (χ0v) is 14.0. The predicted molar refractivity (Wildman–Crippen MR) is 85.4 cm³/mol. The molecule has 0 amide bonds. The minimum Gasteiger partial charge on any atom is -0.478 e. The number of rotatable bonds is 7. The first-order chi connectivity index (χ1) is 11.5. The molecule has 2 atom stereocenters. The predicted octanol–water partition coefficient (Wildman–Crippen LogP) is 1.25. The summed E-state index contributed by atoms with van der Waals surface area (Å²) in [6, 6.07) is 4.81. The van der Waals surface area contributed by atoms with Crippen molar-refractivity contribution >= 4 is 16.0 Å². The molecule has 3 rings (SSSR count). The van der Waals surface area contributed by atoms with Crippen molar-refractivity contribution in [3.63, 3.8) is 0 Å². The molecular formula is C16H21NO6S. The molecule has 24 heavy (non-hydrogen) atoms. The van der Waals surface area contributed by atoms with Crippen molar-refractivity contribution in [3.05, 3.63) is 29.8 Å². The van der Waals surface area contributed by atoms with Gasteiger partial charge in [-0.25, -0.2) is 17.9 Å². The number of nitrogens with one attached hydrogen (secondary N) is 1. The molecule has 1 aromatic rings. The Bertz CT molecular complexity index is 683. The van der Waals surface area contributed by atoms with Gasteiger partial charge in [0.05, 0.1) is 29.2 Å². The van der Waals surface area contributed by atoms with Crippen LogP contribution in [-0.2, 0) is 19.5 Å². The van der Waals surface area contributed by atoms with Crippen molar-refractivity contribution < 1.29 is 27.8 Å². The summed E-state index contributed by atoms with van der Waals surface area (Å²) in [5.74, 6) is -0.502. The lowest BCUT2D eigenvalue weighted by molar-refractivity contribution is -0.0672. The maximum absolute atomic E-state index is 12.5. The highest BCUT2D eigenvalue weighted by atomic mass is 32.2. The second-order valence-electron chi connectivity index (χ2n) is 6.24. The van der Waals surface area contributed by atoms with Crippen molar-refractivity contribution in [2.24, 2.45) is 5.92 Å². The normalized spacial score (nSPS) is 24.7. The standard InChI is InChI=1S/C16H21NO6S/c18-16(19)12-3-5-13(6-4-12)24(20,21)17-14-7-8-22-10-15(14)23-9-11-1-2-11/h3-6,11,14-15,17H,1-2,7-10H2,(H,18,19)/t14-,15-/m1/s1. The molecule has 1 aromatic carbocycles. The zero-order chi connectivity index (χ0) is 17.2. The van der Waals surface area contributed by atoms with Crippen LogP contribution in [0.25, 0.3) is 0 Å². The van der Waals surface area contributed by atoms with E-state index in [9.17, 15) is 13.2 Å². The summed E-state index contributed by atoms with van der Waals surface area (Å²) in [7, 11) is -3.74. The van der Waals surface area contributed by atoms with E-state index in [-0.39, 0.29) is 22.6 Å². The van der Waals surface area contributed by atoms with E-state index in [1.54, 1.807) is 0 Å². The van der Waals surface area contributed by atoms with Crippen molar-refractivity contribution in [1.82, 2.24) is 4.72 Å². The molecule has 7 nitrogen and oxygen atoms in total. The number of carboxylic acid groups (broad SMARTS) is 1. The second kappa shape index (κ2) is 7.18. The molecule has 1 saturated heterocycles. The van der Waals surface area contributed by atoms with Crippen LogP contribution < -0.4 is 4.72 Å². The van der Waals surface area contributed by atoms with E-state index >= 15 is 0 Å². The average Bonchev–Trinajstić information content (AvgIpc) is 3.38. The van der Waals surface area contributed by atoms with Gasteiger partial charge >= 0.3 is 5.97 Å². The van der Waals surface area contributed by atoms with Crippen molar-refractivity contribution in [3.8, 4) is 0 Å². The summed E-state index contributed by atoms with van der Waals surface area (Å²) in [5.41, 5.74) is 0.0469. The molecule has 0 unspecified atom stereocenters. The Labute approximate surface area is 141 Å². The third-order valence-electron chi connectivity index (χ3n) is 4.27. The van der Waals surface area contributed by atoms with E-state index in [0.29, 0.717) is 32.2 Å². The summed E-state index contributed by atoms with van der Waals surface area (Å²) in [5, 5.41) is 8.89. The largest absolute Gasteiger partial charge is 0.478 e. The van der Waals surface area contributed by atoms with Gasteiger partial charge in [0, 0.05) is 13.2 Å². The topological polar surface area (TPSA) is 102 Å². The molecule has 1 aliphatic heterocycles. The highest BCUT2D eigenvalue weighted by Crippen LogP contribution is 2.30. The first kappa shape index (κ1) is 17.3. The van der Waals surface area contributed by atoms with Crippen LogP contribution in [0.2, 0.25) is 0 Å². The highest BCUT2D eigenvalue weighted by Gasteiger charge is 2.32. The minimum atomic E-state index is -3.74. The molecule has 2 fully saturated rings. The summed E-state index contributed by atoms with van der Waals surface area (Å²) >= 11 is 0. The van der Waals surface area contributed by atoms with E-state index in [1.165, 1.54) is 37.1 Å². The van der Waals surface area contributed by atoms with E-state index in [2.05, 4.69) is 4.72 Å². The molecule has 0 radical (unpaired) electrons. The number of ether oxygens (including phenoxy) is 2. The summed E-state index contributed by atoms with van der Waals surface area (Å²) in [6.07, 6.45) is 2.58. The van der Waals surface area contributed by atoms with Crippen molar-refractivity contribution in [2.45, 2.75) is 36.3 Å². The Morgan fingerprint density at radius 2 is 1.96 bits per heavy atom. The maximum Gasteiger partial charge on any atom is 0.335 e. The number of hydrogen-bond acceptors (Lipinski definition) is 5. The molecule has 0 bridgehead atoms. The fourth-order valence-electron chi connectivity index (χ4n) is 2.60. The van der Waals surface area contributed by atoms with Gasteiger partial charge in [-0.15, -0.1) is 0 Å². The van der Waals surface area contributed by atoms with Crippen LogP contribution in [0.4, 0.5) is 0 Å². The highest BCUT2D eigenvalue weighted by molar-refractivity contribution is 7.89. The van der Waals surface area contributed by atoms with Crippen molar-refractivity contribution in [2.75, 3.05) is 19.8 Å². The number of sulfonamides is 1. The minimum absolute atomic E-state index is 0.0416. The lowest BCUT2D eigenvalue weighted by Crippen LogP contribution is -2.50. The number of hydrogen-bond donors (Lipinski definition) is 2. The zero-order valence-electron chi connectivity index (χ0n) is 13.2. The van der Waals surface area contributed by atoms with Crippen LogP contribution in [-0.4, -0.2) is 51.5 Å². The molecule has 1 saturated carbocycles. The molecule has 1 aliphatic carbocycles. The lowest BCUT2D eigenvalue weighted by atomic mass is 10.1. The van der Waals surface area contributed by atoms with E-state index in [1.807, 2.05) is 0 Å². The van der Waals surface area contributed by atoms with Crippen LogP contribution in [0.1, 0.15) is 29.6 Å². The molecular weight excluding hydrogens is 334 g/mol. The third kappa shape index (κ3) is 4.32. The molecule has 0 aromatic heterocycles. The van der Waals surface area contributed by atoms with Crippen molar-refractivity contribution in [1.29, 1.82) is 0 Å². The summed E-state index contributed by atoms with van der Waals surface area (Å²) in [4.78, 5) is 10.9. The van der Waals surface area contributed by atoms with Crippen LogP contribution in [0, 0.1) is 5.92 Å². The van der Waals surface area contributed by atoms with Gasteiger partial charge in [0.25, 0.3) is 0 Å². The molecule has 1 heterocycles. The molecule has 2 aliphatic rings. The monoisotopic (exact) mass is 355 g/mol. The van der Waals surface area contributed by atoms with Gasteiger partial charge in [-0.2, -0.15) is 0 Å². The number of aromatic carboxylic acids is 1. The van der Waals surface area contributed by atoms with Gasteiger partial charge in [-0.05, 0) is 49.4 Å². The third-order valence-corrected chi connectivity index (χ3v) is 5.77. The van der Waals surface area contributed by atoms with E-state index < -0.39 is 16.0 Å². The van der Waals surface area contributed by atoms with Crippen LogP contribution in [0.3, 0.4) is 0 Å². The van der Waals surface area contributed by atoms with Gasteiger partial charge < -0.3 is 14.6 Å². The molecule has 132 valence electrons. The SMILES string of the molecule is O=C(O)c1ccc(S(=O)(=O)N[C@@H]2CCOC[C@H]2OCC2CC2)cc1. The first-order valence-corrected chi connectivity index (χ1v) is 9.49. The Morgan fingerprint density at radius 3 is 2.58 bits per heavy atom. The van der Waals surface area contributed by atoms with Gasteiger partial charge in [0.1, 0.15) is 0 Å². The second-order valence-corrected chi connectivity index (χ2v) is 7.95. The average molecular weight is 355 g/mol. The number of benzene rings is 1. The Morgan fingerprint density at radius 1 is 1.25 bits per heavy atom. The molecule has 0 spiro atoms. The molecule has 8 heteroatoms. The quantitative estimate of drug-likeness (QED) is 0.763. The van der Waals surface area contributed by atoms with Crippen LogP contribution in [0.5, 0.6) is 0 Å². The number of carboxylic acids is 1. The van der Waals surface area contributed by atoms with E-state index in [4.69, 9.17) is 14.6 Å². The fourth-order valence-corrected chi connectivity index (χ4v) is 3.90. The van der Waals surface area contributed by atoms with Gasteiger partial charge in [-0.3, -0.25) is 0 Å². The molecule has 2 N–H and O–H groups in total. The Hall–Kier alpha value is -1.48. The summed E-state index contributed by atoms with van der Waals surface area (Å²) in [6.45, 7) is 1.49. The first-order valence-electron chi connectivity index (χ1n) is 8.01. The van der Waals surface area contributed by atoms with Gasteiger partial charge in [0.2, 0.25) is 10.0 Å². The Kier molecular flexibility index (Phi) is 5.19. The van der Waals surface area contributed by atoms with Crippen LogP contribution in [0.15, 0.2) is 29.2 Å². The fraction of sp³-hybridized carbons (Fsp3) is 0.562. The summed E-state index contributed by atoms with van der Waals surface area (Å²) < 4.78 is 38.9. The Balaban J connectivity index is 1.67. The van der Waals surface area contributed by atoms with E-state index in [0.717, 1.165) is 0 Å². The van der Waals surface area contributed by atoms with Gasteiger partial charge in [-0.1, -0.05) is 0 Å². The van der Waals surface area contributed by atoms with Crippen LogP contribution >= 0.6 is 0 Å². The lowest BCUT2D eigenvalue weighted by Gasteiger charge is -2.32. The van der Waals surface area contributed by atoms with Gasteiger partial charge in [0.15, 0.2) is 0 Å². The number of carbonyl (C=O) groups is 1. The maximum atomic E-state index is 12.5.